The van der Waals surface area contributed by atoms with Gasteiger partial charge in [-0.1, -0.05) is 12.1 Å². The normalized spacial score (nSPS) is 11.1. The largest absolute Gasteiger partial charge is 0.467 e. The van der Waals surface area contributed by atoms with Gasteiger partial charge in [0.15, 0.2) is 5.58 Å². The zero-order chi connectivity index (χ0) is 14.8. The Balaban J connectivity index is 1.68. The maximum atomic E-state index is 5.86. The Morgan fingerprint density at radius 3 is 2.09 bits per heavy atom. The SMILES string of the molecule is c1coc(CN(Cc2ccco2)c2nc3ccccc3o2)c1. The van der Waals surface area contributed by atoms with Crippen LogP contribution in [0.25, 0.3) is 11.1 Å². The lowest BCUT2D eigenvalue weighted by molar-refractivity contribution is 0.457. The average molecular weight is 294 g/mol. The molecule has 4 rings (SSSR count). The molecule has 0 aliphatic heterocycles. The van der Waals surface area contributed by atoms with Gasteiger partial charge < -0.3 is 18.2 Å². The molecule has 0 N–H and O–H groups in total. The summed E-state index contributed by atoms with van der Waals surface area (Å²) >= 11 is 0. The minimum Gasteiger partial charge on any atom is -0.467 e. The van der Waals surface area contributed by atoms with E-state index in [0.717, 1.165) is 22.6 Å². The van der Waals surface area contributed by atoms with Crippen molar-refractivity contribution in [2.45, 2.75) is 13.1 Å². The fourth-order valence-corrected chi connectivity index (χ4v) is 2.37. The minimum absolute atomic E-state index is 0.550. The van der Waals surface area contributed by atoms with Gasteiger partial charge in [0.25, 0.3) is 6.01 Å². The predicted octanol–water partition coefficient (Wildman–Crippen LogP) is 4.22. The molecular formula is C17H14N2O3. The second-order valence-corrected chi connectivity index (χ2v) is 4.98. The van der Waals surface area contributed by atoms with Crippen molar-refractivity contribution in [1.82, 2.24) is 4.98 Å². The van der Waals surface area contributed by atoms with Crippen molar-refractivity contribution >= 4 is 17.1 Å². The van der Waals surface area contributed by atoms with Crippen LogP contribution in [0.4, 0.5) is 6.01 Å². The molecule has 0 aliphatic carbocycles. The molecule has 0 saturated heterocycles. The molecule has 0 amide bonds. The fraction of sp³-hybridized carbons (Fsp3) is 0.118. The summed E-state index contributed by atoms with van der Waals surface area (Å²) < 4.78 is 16.7. The molecule has 0 fully saturated rings. The highest BCUT2D eigenvalue weighted by atomic mass is 16.4. The van der Waals surface area contributed by atoms with Crippen LogP contribution in [0, 0.1) is 0 Å². The Bertz CT molecular complexity index is 778. The third kappa shape index (κ3) is 2.48. The van der Waals surface area contributed by atoms with E-state index in [1.165, 1.54) is 0 Å². The van der Waals surface area contributed by atoms with Crippen molar-refractivity contribution in [1.29, 1.82) is 0 Å². The van der Waals surface area contributed by atoms with E-state index in [4.69, 9.17) is 13.3 Å². The first-order valence-electron chi connectivity index (χ1n) is 7.04. The second-order valence-electron chi connectivity index (χ2n) is 4.98. The Morgan fingerprint density at radius 2 is 1.50 bits per heavy atom. The minimum atomic E-state index is 0.550. The van der Waals surface area contributed by atoms with Crippen LogP contribution in [0.3, 0.4) is 0 Å². The van der Waals surface area contributed by atoms with Gasteiger partial charge in [-0.15, -0.1) is 0 Å². The lowest BCUT2D eigenvalue weighted by atomic mass is 10.3. The third-order valence-corrected chi connectivity index (χ3v) is 3.41. The van der Waals surface area contributed by atoms with Gasteiger partial charge in [0.1, 0.15) is 17.0 Å². The van der Waals surface area contributed by atoms with Crippen molar-refractivity contribution in [3.8, 4) is 0 Å². The number of para-hydroxylation sites is 2. The number of anilines is 1. The number of benzene rings is 1. The summed E-state index contributed by atoms with van der Waals surface area (Å²) in [6, 6.07) is 15.9. The highest BCUT2D eigenvalue weighted by Crippen LogP contribution is 2.24. The maximum Gasteiger partial charge on any atom is 0.299 e. The van der Waals surface area contributed by atoms with Crippen molar-refractivity contribution < 1.29 is 13.3 Å². The van der Waals surface area contributed by atoms with Crippen molar-refractivity contribution in [3.05, 3.63) is 72.6 Å². The molecular weight excluding hydrogens is 280 g/mol. The first kappa shape index (κ1) is 12.8. The van der Waals surface area contributed by atoms with E-state index in [0.29, 0.717) is 19.1 Å². The quantitative estimate of drug-likeness (QED) is 0.551. The summed E-state index contributed by atoms with van der Waals surface area (Å²) in [6.07, 6.45) is 3.32. The summed E-state index contributed by atoms with van der Waals surface area (Å²) in [7, 11) is 0. The number of hydrogen-bond acceptors (Lipinski definition) is 5. The molecule has 0 atom stereocenters. The first-order chi connectivity index (χ1) is 10.9. The molecule has 0 spiro atoms. The van der Waals surface area contributed by atoms with Crippen LogP contribution in [0.2, 0.25) is 0 Å². The number of nitrogens with zero attached hydrogens (tertiary/aromatic N) is 2. The average Bonchev–Trinajstić information content (AvgIpc) is 3.28. The molecule has 110 valence electrons. The number of aromatic nitrogens is 1. The van der Waals surface area contributed by atoms with Gasteiger partial charge in [-0.25, -0.2) is 0 Å². The van der Waals surface area contributed by atoms with Crippen LogP contribution in [-0.4, -0.2) is 4.98 Å². The first-order valence-corrected chi connectivity index (χ1v) is 7.04. The molecule has 5 nitrogen and oxygen atoms in total. The third-order valence-electron chi connectivity index (χ3n) is 3.41. The van der Waals surface area contributed by atoms with E-state index in [1.54, 1.807) is 12.5 Å². The number of furan rings is 2. The summed E-state index contributed by atoms with van der Waals surface area (Å²) in [5.41, 5.74) is 1.60. The lowest BCUT2D eigenvalue weighted by Gasteiger charge is -2.17. The molecule has 0 aliphatic rings. The van der Waals surface area contributed by atoms with Gasteiger partial charge in [-0.3, -0.25) is 0 Å². The van der Waals surface area contributed by atoms with E-state index >= 15 is 0 Å². The van der Waals surface area contributed by atoms with Crippen molar-refractivity contribution in [3.63, 3.8) is 0 Å². The smallest absolute Gasteiger partial charge is 0.299 e. The summed E-state index contributed by atoms with van der Waals surface area (Å²) in [5, 5.41) is 0. The Hall–Kier alpha value is -2.95. The predicted molar refractivity (Wildman–Crippen MR) is 81.3 cm³/mol. The van der Waals surface area contributed by atoms with Crippen LogP contribution in [0.1, 0.15) is 11.5 Å². The van der Waals surface area contributed by atoms with Crippen molar-refractivity contribution in [2.24, 2.45) is 0 Å². The molecule has 1 aromatic carbocycles. The van der Waals surface area contributed by atoms with E-state index in [2.05, 4.69) is 4.98 Å². The van der Waals surface area contributed by atoms with Crippen LogP contribution in [-0.2, 0) is 13.1 Å². The molecule has 0 radical (unpaired) electrons. The van der Waals surface area contributed by atoms with Gasteiger partial charge in [0, 0.05) is 0 Å². The number of oxazole rings is 1. The monoisotopic (exact) mass is 294 g/mol. The van der Waals surface area contributed by atoms with Crippen LogP contribution in [0.15, 0.2) is 74.3 Å². The molecule has 3 aromatic heterocycles. The van der Waals surface area contributed by atoms with Gasteiger partial charge >= 0.3 is 0 Å². The van der Waals surface area contributed by atoms with E-state index in [9.17, 15) is 0 Å². The molecule has 0 bridgehead atoms. The molecule has 0 saturated carbocycles. The molecule has 22 heavy (non-hydrogen) atoms. The fourth-order valence-electron chi connectivity index (χ4n) is 2.37. The van der Waals surface area contributed by atoms with Crippen LogP contribution >= 0.6 is 0 Å². The number of rotatable bonds is 5. The van der Waals surface area contributed by atoms with Crippen LogP contribution < -0.4 is 4.90 Å². The van der Waals surface area contributed by atoms with E-state index < -0.39 is 0 Å². The standard InChI is InChI=1S/C17H14N2O3/c1-2-8-16-15(7-1)18-17(22-16)19(11-13-5-3-9-20-13)12-14-6-4-10-21-14/h1-10H,11-12H2. The van der Waals surface area contributed by atoms with Gasteiger partial charge in [-0.05, 0) is 36.4 Å². The molecule has 0 unspecified atom stereocenters. The molecule has 5 heteroatoms. The summed E-state index contributed by atoms with van der Waals surface area (Å²) in [6.45, 7) is 1.11. The Morgan fingerprint density at radius 1 is 0.818 bits per heavy atom. The second kappa shape index (κ2) is 5.44. The highest BCUT2D eigenvalue weighted by molar-refractivity contribution is 5.74. The van der Waals surface area contributed by atoms with Crippen LogP contribution in [0.5, 0.6) is 0 Å². The van der Waals surface area contributed by atoms with Gasteiger partial charge in [0.2, 0.25) is 0 Å². The maximum absolute atomic E-state index is 5.86. The van der Waals surface area contributed by atoms with E-state index in [-0.39, 0.29) is 0 Å². The number of fused-ring (bicyclic) bond motifs is 1. The summed E-state index contributed by atoms with van der Waals surface area (Å²) in [4.78, 5) is 6.53. The zero-order valence-electron chi connectivity index (χ0n) is 11.8. The number of hydrogen-bond donors (Lipinski definition) is 0. The van der Waals surface area contributed by atoms with Gasteiger partial charge in [0.05, 0.1) is 25.6 Å². The van der Waals surface area contributed by atoms with Crippen molar-refractivity contribution in [2.75, 3.05) is 4.90 Å². The Kier molecular flexibility index (Phi) is 3.16. The van der Waals surface area contributed by atoms with E-state index in [1.807, 2.05) is 53.4 Å². The summed E-state index contributed by atoms with van der Waals surface area (Å²) in [5.74, 6) is 1.68. The molecule has 4 aromatic rings. The Labute approximate surface area is 126 Å². The lowest BCUT2D eigenvalue weighted by Crippen LogP contribution is -2.21. The van der Waals surface area contributed by atoms with Gasteiger partial charge in [-0.2, -0.15) is 4.98 Å². The highest BCUT2D eigenvalue weighted by Gasteiger charge is 2.17. The topological polar surface area (TPSA) is 55.6 Å². The molecule has 3 heterocycles. The zero-order valence-corrected chi connectivity index (χ0v) is 11.8.